The van der Waals surface area contributed by atoms with Crippen LogP contribution in [0.15, 0.2) is 47.2 Å². The highest BCUT2D eigenvalue weighted by atomic mass is 79.9. The van der Waals surface area contributed by atoms with Crippen LogP contribution in [0, 0.1) is 0 Å². The first kappa shape index (κ1) is 14.5. The van der Waals surface area contributed by atoms with Crippen molar-refractivity contribution in [3.63, 3.8) is 0 Å². The van der Waals surface area contributed by atoms with E-state index in [1.807, 2.05) is 19.1 Å². The Labute approximate surface area is 135 Å². The smallest absolute Gasteiger partial charge is 0.276 e. The number of carbonyl (C=O) groups excluding carboxylic acids is 1. The van der Waals surface area contributed by atoms with E-state index in [2.05, 4.69) is 31.3 Å². The Bertz CT molecular complexity index is 831. The second-order valence-corrected chi connectivity index (χ2v) is 5.40. The minimum Gasteiger partial charge on any atom is -0.492 e. The molecule has 3 rings (SSSR count). The van der Waals surface area contributed by atoms with Gasteiger partial charge in [-0.1, -0.05) is 12.1 Å². The second kappa shape index (κ2) is 6.15. The number of nitrogens with one attached hydrogen (secondary N) is 1. The van der Waals surface area contributed by atoms with Crippen molar-refractivity contribution in [2.24, 2.45) is 0 Å². The SMILES string of the molecule is CCOc1ccccc1NC(=O)c1cc2ncc(Br)cn2n1. The number of ether oxygens (including phenoxy) is 1. The van der Waals surface area contributed by atoms with E-state index in [9.17, 15) is 4.79 Å². The van der Waals surface area contributed by atoms with Gasteiger partial charge in [0.15, 0.2) is 11.3 Å². The van der Waals surface area contributed by atoms with Crippen molar-refractivity contribution in [1.82, 2.24) is 14.6 Å². The van der Waals surface area contributed by atoms with Gasteiger partial charge in [-0.05, 0) is 35.0 Å². The second-order valence-electron chi connectivity index (χ2n) is 4.49. The molecular weight excluding hydrogens is 348 g/mol. The number of hydrogen-bond donors (Lipinski definition) is 1. The number of benzene rings is 1. The molecule has 0 saturated heterocycles. The summed E-state index contributed by atoms with van der Waals surface area (Å²) in [7, 11) is 0. The predicted octanol–water partition coefficient (Wildman–Crippen LogP) is 3.14. The molecular formula is C15H13BrN4O2. The maximum Gasteiger partial charge on any atom is 0.276 e. The summed E-state index contributed by atoms with van der Waals surface area (Å²) < 4.78 is 7.83. The Morgan fingerprint density at radius 1 is 1.41 bits per heavy atom. The minimum atomic E-state index is -0.311. The summed E-state index contributed by atoms with van der Waals surface area (Å²) >= 11 is 3.32. The lowest BCUT2D eigenvalue weighted by molar-refractivity contribution is 0.102. The van der Waals surface area contributed by atoms with Gasteiger partial charge in [-0.2, -0.15) is 5.10 Å². The molecule has 6 nitrogen and oxygen atoms in total. The minimum absolute atomic E-state index is 0.289. The van der Waals surface area contributed by atoms with E-state index >= 15 is 0 Å². The van der Waals surface area contributed by atoms with Crippen LogP contribution in [0.25, 0.3) is 5.65 Å². The summed E-state index contributed by atoms with van der Waals surface area (Å²) in [5, 5.41) is 7.02. The number of hydrogen-bond acceptors (Lipinski definition) is 4. The maximum atomic E-state index is 12.3. The fourth-order valence-corrected chi connectivity index (χ4v) is 2.30. The van der Waals surface area contributed by atoms with Gasteiger partial charge in [0.25, 0.3) is 5.91 Å². The lowest BCUT2D eigenvalue weighted by Crippen LogP contribution is -2.13. The van der Waals surface area contributed by atoms with E-state index < -0.39 is 0 Å². The van der Waals surface area contributed by atoms with Gasteiger partial charge in [-0.15, -0.1) is 0 Å². The molecule has 0 fully saturated rings. The molecule has 1 amide bonds. The quantitative estimate of drug-likeness (QED) is 0.775. The van der Waals surface area contributed by atoms with Crippen molar-refractivity contribution in [3.8, 4) is 5.75 Å². The van der Waals surface area contributed by atoms with E-state index in [1.165, 1.54) is 0 Å². The van der Waals surface area contributed by atoms with Gasteiger partial charge in [-0.3, -0.25) is 4.79 Å². The fraction of sp³-hybridized carbons (Fsp3) is 0.133. The van der Waals surface area contributed by atoms with Gasteiger partial charge in [0.2, 0.25) is 0 Å². The van der Waals surface area contributed by atoms with E-state index in [0.717, 1.165) is 4.47 Å². The summed E-state index contributed by atoms with van der Waals surface area (Å²) in [5.74, 6) is 0.316. The largest absolute Gasteiger partial charge is 0.492 e. The van der Waals surface area contributed by atoms with Crippen LogP contribution in [0.2, 0.25) is 0 Å². The van der Waals surface area contributed by atoms with E-state index in [0.29, 0.717) is 23.7 Å². The molecule has 2 aromatic heterocycles. The molecule has 0 aliphatic carbocycles. The van der Waals surface area contributed by atoms with E-state index in [-0.39, 0.29) is 11.6 Å². The number of fused-ring (bicyclic) bond motifs is 1. The highest BCUT2D eigenvalue weighted by Crippen LogP contribution is 2.24. The third kappa shape index (κ3) is 2.94. The third-order valence-corrected chi connectivity index (χ3v) is 3.36. The zero-order valence-electron chi connectivity index (χ0n) is 11.8. The maximum absolute atomic E-state index is 12.3. The summed E-state index contributed by atoms with van der Waals surface area (Å²) in [5.41, 5.74) is 1.50. The molecule has 1 aromatic carbocycles. The Morgan fingerprint density at radius 3 is 3.05 bits per heavy atom. The van der Waals surface area contributed by atoms with Crippen LogP contribution in [-0.4, -0.2) is 27.1 Å². The molecule has 7 heteroatoms. The normalized spacial score (nSPS) is 10.6. The Morgan fingerprint density at radius 2 is 2.23 bits per heavy atom. The molecule has 22 heavy (non-hydrogen) atoms. The first-order chi connectivity index (χ1) is 10.7. The molecule has 0 saturated carbocycles. The van der Waals surface area contributed by atoms with Gasteiger partial charge >= 0.3 is 0 Å². The highest BCUT2D eigenvalue weighted by Gasteiger charge is 2.14. The van der Waals surface area contributed by atoms with E-state index in [4.69, 9.17) is 4.74 Å². The third-order valence-electron chi connectivity index (χ3n) is 2.95. The predicted molar refractivity (Wildman–Crippen MR) is 86.3 cm³/mol. The van der Waals surface area contributed by atoms with Crippen molar-refractivity contribution in [2.75, 3.05) is 11.9 Å². The number of rotatable bonds is 4. The molecule has 3 aromatic rings. The average Bonchev–Trinajstić information content (AvgIpc) is 2.92. The molecule has 112 valence electrons. The summed E-state index contributed by atoms with van der Waals surface area (Å²) in [6, 6.07) is 8.91. The number of para-hydroxylation sites is 2. The Hall–Kier alpha value is -2.41. The first-order valence-corrected chi connectivity index (χ1v) is 7.51. The summed E-state index contributed by atoms with van der Waals surface area (Å²) in [4.78, 5) is 16.5. The van der Waals surface area contributed by atoms with Crippen LogP contribution in [0.1, 0.15) is 17.4 Å². The van der Waals surface area contributed by atoms with Crippen LogP contribution in [0.5, 0.6) is 5.75 Å². The van der Waals surface area contributed by atoms with E-state index in [1.54, 1.807) is 35.1 Å². The van der Waals surface area contributed by atoms with Crippen LogP contribution in [0.4, 0.5) is 5.69 Å². The highest BCUT2D eigenvalue weighted by molar-refractivity contribution is 9.10. The zero-order valence-corrected chi connectivity index (χ0v) is 13.4. The number of nitrogens with zero attached hydrogens (tertiary/aromatic N) is 3. The van der Waals surface area contributed by atoms with Crippen LogP contribution >= 0.6 is 15.9 Å². The molecule has 0 radical (unpaired) electrons. The molecule has 1 N–H and O–H groups in total. The number of anilines is 1. The molecule has 0 bridgehead atoms. The van der Waals surface area contributed by atoms with Crippen LogP contribution in [-0.2, 0) is 0 Å². The number of amides is 1. The first-order valence-electron chi connectivity index (χ1n) is 6.71. The number of halogens is 1. The molecule has 0 unspecified atom stereocenters. The fourth-order valence-electron chi connectivity index (χ4n) is 2.00. The summed E-state index contributed by atoms with van der Waals surface area (Å²) in [6.45, 7) is 2.42. The van der Waals surface area contributed by atoms with Crippen LogP contribution in [0.3, 0.4) is 0 Å². The summed E-state index contributed by atoms with van der Waals surface area (Å²) in [6.07, 6.45) is 3.40. The Balaban J connectivity index is 1.87. The van der Waals surface area contributed by atoms with Crippen molar-refractivity contribution >= 4 is 33.2 Å². The number of aromatic nitrogens is 3. The lowest BCUT2D eigenvalue weighted by atomic mass is 10.3. The van der Waals surface area contributed by atoms with Crippen molar-refractivity contribution < 1.29 is 9.53 Å². The van der Waals surface area contributed by atoms with Gasteiger partial charge in [0.1, 0.15) is 5.75 Å². The molecule has 0 spiro atoms. The lowest BCUT2D eigenvalue weighted by Gasteiger charge is -2.10. The molecule has 0 atom stereocenters. The topological polar surface area (TPSA) is 68.5 Å². The Kier molecular flexibility index (Phi) is 4.06. The average molecular weight is 361 g/mol. The van der Waals surface area contributed by atoms with Crippen LogP contribution < -0.4 is 10.1 Å². The molecule has 0 aliphatic heterocycles. The van der Waals surface area contributed by atoms with Gasteiger partial charge < -0.3 is 10.1 Å². The van der Waals surface area contributed by atoms with Crippen molar-refractivity contribution in [2.45, 2.75) is 6.92 Å². The molecule has 0 aliphatic rings. The van der Waals surface area contributed by atoms with Gasteiger partial charge in [0.05, 0.1) is 16.8 Å². The monoisotopic (exact) mass is 360 g/mol. The van der Waals surface area contributed by atoms with Crippen molar-refractivity contribution in [3.05, 3.63) is 52.9 Å². The van der Waals surface area contributed by atoms with Gasteiger partial charge in [-0.25, -0.2) is 9.50 Å². The van der Waals surface area contributed by atoms with Gasteiger partial charge in [0, 0.05) is 18.5 Å². The zero-order chi connectivity index (χ0) is 15.5. The number of carbonyl (C=O) groups is 1. The molecule has 2 heterocycles. The standard InChI is InChI=1S/C15H13BrN4O2/c1-2-22-13-6-4-3-5-11(13)18-15(21)12-7-14-17-8-10(16)9-20(14)19-12/h3-9H,2H2,1H3,(H,18,21). The van der Waals surface area contributed by atoms with Crippen molar-refractivity contribution in [1.29, 1.82) is 0 Å².